The summed E-state index contributed by atoms with van der Waals surface area (Å²) in [6, 6.07) is 4.06. The third-order valence-electron chi connectivity index (χ3n) is 4.78. The van der Waals surface area contributed by atoms with Crippen molar-refractivity contribution in [3.63, 3.8) is 0 Å². The van der Waals surface area contributed by atoms with Crippen LogP contribution >= 0.6 is 0 Å². The molecule has 5 heteroatoms. The summed E-state index contributed by atoms with van der Waals surface area (Å²) in [4.78, 5) is 4.69. The minimum absolute atomic E-state index is 0.440. The fraction of sp³-hybridized carbons (Fsp3) is 0.750. The van der Waals surface area contributed by atoms with Crippen molar-refractivity contribution in [2.45, 2.75) is 44.6 Å². The Morgan fingerprint density at radius 3 is 2.38 bits per heavy atom. The minimum atomic E-state index is -0.440. The van der Waals surface area contributed by atoms with Crippen LogP contribution in [0.2, 0.25) is 0 Å². The van der Waals surface area contributed by atoms with E-state index in [1.807, 2.05) is 19.1 Å². The summed E-state index contributed by atoms with van der Waals surface area (Å²) < 4.78 is 0. The summed E-state index contributed by atoms with van der Waals surface area (Å²) in [7, 11) is 0. The second kappa shape index (κ2) is 6.28. The van der Waals surface area contributed by atoms with Gasteiger partial charge in [0.15, 0.2) is 5.82 Å². The number of rotatable bonds is 3. The molecule has 1 aliphatic heterocycles. The number of β-amino-alcohol motifs (C(OH)–C–C–N with tert-alkyl or cyclic N) is 1. The second-order valence-corrected chi connectivity index (χ2v) is 6.58. The fourth-order valence-corrected chi connectivity index (χ4v) is 3.48. The number of hydrogen-bond acceptors (Lipinski definition) is 5. The van der Waals surface area contributed by atoms with E-state index in [0.29, 0.717) is 0 Å². The molecule has 0 unspecified atom stereocenters. The van der Waals surface area contributed by atoms with E-state index < -0.39 is 5.60 Å². The Morgan fingerprint density at radius 1 is 1.05 bits per heavy atom. The maximum absolute atomic E-state index is 10.7. The summed E-state index contributed by atoms with van der Waals surface area (Å²) in [5.74, 6) is 0.969. The Kier molecular flexibility index (Phi) is 4.40. The van der Waals surface area contributed by atoms with E-state index in [1.165, 1.54) is 19.3 Å². The first-order chi connectivity index (χ1) is 10.1. The Labute approximate surface area is 127 Å². The second-order valence-electron chi connectivity index (χ2n) is 6.58. The molecule has 3 rings (SSSR count). The third kappa shape index (κ3) is 3.71. The van der Waals surface area contributed by atoms with Gasteiger partial charge in [0.05, 0.1) is 11.3 Å². The van der Waals surface area contributed by atoms with Crippen molar-refractivity contribution >= 4 is 5.82 Å². The van der Waals surface area contributed by atoms with Crippen molar-refractivity contribution in [1.29, 1.82) is 0 Å². The van der Waals surface area contributed by atoms with E-state index in [9.17, 15) is 5.11 Å². The minimum Gasteiger partial charge on any atom is -0.389 e. The SMILES string of the molecule is Cc1ccc(N2CCN(CC3(O)CCCCC3)CC2)nn1. The average Bonchev–Trinajstić information content (AvgIpc) is 2.49. The summed E-state index contributed by atoms with van der Waals surface area (Å²) in [6.07, 6.45) is 5.57. The summed E-state index contributed by atoms with van der Waals surface area (Å²) >= 11 is 0. The number of hydrogen-bond donors (Lipinski definition) is 1. The molecule has 5 nitrogen and oxygen atoms in total. The highest BCUT2D eigenvalue weighted by Crippen LogP contribution is 2.29. The van der Waals surface area contributed by atoms with Crippen LogP contribution in [0.5, 0.6) is 0 Å². The van der Waals surface area contributed by atoms with Gasteiger partial charge >= 0.3 is 0 Å². The molecule has 21 heavy (non-hydrogen) atoms. The lowest BCUT2D eigenvalue weighted by Gasteiger charge is -2.41. The zero-order valence-electron chi connectivity index (χ0n) is 13.0. The van der Waals surface area contributed by atoms with Gasteiger partial charge in [0.2, 0.25) is 0 Å². The highest BCUT2D eigenvalue weighted by Gasteiger charge is 2.32. The molecular weight excluding hydrogens is 264 g/mol. The van der Waals surface area contributed by atoms with Crippen molar-refractivity contribution in [2.24, 2.45) is 0 Å². The summed E-state index contributed by atoms with van der Waals surface area (Å²) in [6.45, 7) is 6.72. The highest BCUT2D eigenvalue weighted by atomic mass is 16.3. The Bertz CT molecular complexity index is 448. The zero-order chi connectivity index (χ0) is 14.7. The van der Waals surface area contributed by atoms with E-state index in [4.69, 9.17) is 0 Å². The molecule has 1 aromatic heterocycles. The van der Waals surface area contributed by atoms with Crippen molar-refractivity contribution < 1.29 is 5.11 Å². The van der Waals surface area contributed by atoms with Crippen LogP contribution in [0.25, 0.3) is 0 Å². The number of aromatic nitrogens is 2. The summed E-state index contributed by atoms with van der Waals surface area (Å²) in [5.41, 5.74) is 0.515. The van der Waals surface area contributed by atoms with Gasteiger partial charge < -0.3 is 10.0 Å². The van der Waals surface area contributed by atoms with Gasteiger partial charge in [-0.05, 0) is 31.9 Å². The molecule has 1 aromatic rings. The molecule has 0 atom stereocenters. The van der Waals surface area contributed by atoms with Crippen LogP contribution in [0.3, 0.4) is 0 Å². The average molecular weight is 290 g/mol. The van der Waals surface area contributed by atoms with Crippen LogP contribution in [-0.2, 0) is 0 Å². The predicted molar refractivity (Wildman–Crippen MR) is 83.5 cm³/mol. The number of nitrogens with zero attached hydrogens (tertiary/aromatic N) is 4. The van der Waals surface area contributed by atoms with E-state index >= 15 is 0 Å². The first-order valence-electron chi connectivity index (χ1n) is 8.15. The van der Waals surface area contributed by atoms with Crippen LogP contribution in [0.4, 0.5) is 5.82 Å². The van der Waals surface area contributed by atoms with Crippen molar-refractivity contribution in [3.8, 4) is 0 Å². The number of piperazine rings is 1. The van der Waals surface area contributed by atoms with E-state index in [1.54, 1.807) is 0 Å². The number of aliphatic hydroxyl groups is 1. The van der Waals surface area contributed by atoms with Crippen molar-refractivity contribution in [2.75, 3.05) is 37.6 Å². The summed E-state index contributed by atoms with van der Waals surface area (Å²) in [5, 5.41) is 19.1. The topological polar surface area (TPSA) is 52.5 Å². The molecular formula is C16H26N4O. The van der Waals surface area contributed by atoms with E-state index in [0.717, 1.165) is 57.1 Å². The van der Waals surface area contributed by atoms with E-state index in [2.05, 4.69) is 20.0 Å². The molecule has 1 saturated carbocycles. The van der Waals surface area contributed by atoms with Gasteiger partial charge in [0.1, 0.15) is 0 Å². The first-order valence-corrected chi connectivity index (χ1v) is 8.15. The largest absolute Gasteiger partial charge is 0.389 e. The lowest BCUT2D eigenvalue weighted by molar-refractivity contribution is -0.0271. The molecule has 2 fully saturated rings. The lowest BCUT2D eigenvalue weighted by Crippen LogP contribution is -2.52. The maximum Gasteiger partial charge on any atom is 0.151 e. The predicted octanol–water partition coefficient (Wildman–Crippen LogP) is 1.60. The van der Waals surface area contributed by atoms with Gasteiger partial charge in [-0.3, -0.25) is 4.90 Å². The van der Waals surface area contributed by atoms with Crippen LogP contribution in [0, 0.1) is 6.92 Å². The van der Waals surface area contributed by atoms with Crippen molar-refractivity contribution in [1.82, 2.24) is 15.1 Å². The van der Waals surface area contributed by atoms with Crippen LogP contribution in [0.1, 0.15) is 37.8 Å². The zero-order valence-corrected chi connectivity index (χ0v) is 13.0. The maximum atomic E-state index is 10.7. The smallest absolute Gasteiger partial charge is 0.151 e. The van der Waals surface area contributed by atoms with Crippen LogP contribution in [0.15, 0.2) is 12.1 Å². The molecule has 1 aliphatic carbocycles. The van der Waals surface area contributed by atoms with Gasteiger partial charge in [-0.1, -0.05) is 19.3 Å². The molecule has 116 valence electrons. The van der Waals surface area contributed by atoms with E-state index in [-0.39, 0.29) is 0 Å². The monoisotopic (exact) mass is 290 g/mol. The van der Waals surface area contributed by atoms with Crippen LogP contribution in [-0.4, -0.2) is 58.5 Å². The first kappa shape index (κ1) is 14.7. The van der Waals surface area contributed by atoms with Gasteiger partial charge in [-0.25, -0.2) is 0 Å². The molecule has 0 aromatic carbocycles. The van der Waals surface area contributed by atoms with Gasteiger partial charge in [0, 0.05) is 32.7 Å². The third-order valence-corrected chi connectivity index (χ3v) is 4.78. The number of anilines is 1. The Balaban J connectivity index is 1.51. The van der Waals surface area contributed by atoms with Crippen LogP contribution < -0.4 is 4.90 Å². The molecule has 0 spiro atoms. The normalized spacial score (nSPS) is 23.2. The molecule has 0 radical (unpaired) electrons. The number of aryl methyl sites for hydroxylation is 1. The molecule has 2 heterocycles. The molecule has 0 amide bonds. The lowest BCUT2D eigenvalue weighted by atomic mass is 9.84. The Morgan fingerprint density at radius 2 is 1.76 bits per heavy atom. The fourth-order valence-electron chi connectivity index (χ4n) is 3.48. The standard InChI is InChI=1S/C16H26N4O/c1-14-5-6-15(18-17-14)20-11-9-19(10-12-20)13-16(21)7-3-2-4-8-16/h5-6,21H,2-4,7-13H2,1H3. The molecule has 1 N–H and O–H groups in total. The van der Waals surface area contributed by atoms with Crippen molar-refractivity contribution in [3.05, 3.63) is 17.8 Å². The molecule has 2 aliphatic rings. The van der Waals surface area contributed by atoms with Gasteiger partial charge in [0.25, 0.3) is 0 Å². The quantitative estimate of drug-likeness (QED) is 0.916. The molecule has 0 bridgehead atoms. The Hall–Kier alpha value is -1.20. The molecule has 1 saturated heterocycles. The van der Waals surface area contributed by atoms with Gasteiger partial charge in [-0.15, -0.1) is 5.10 Å². The highest BCUT2D eigenvalue weighted by molar-refractivity contribution is 5.37. The van der Waals surface area contributed by atoms with Gasteiger partial charge in [-0.2, -0.15) is 5.10 Å².